The average molecular weight is 379 g/mol. The lowest BCUT2D eigenvalue weighted by atomic mass is 9.90. The zero-order valence-corrected chi connectivity index (χ0v) is 15.6. The molecule has 1 aliphatic carbocycles. The lowest BCUT2D eigenvalue weighted by Gasteiger charge is -2.55. The van der Waals surface area contributed by atoms with Crippen LogP contribution >= 0.6 is 0 Å². The SMILES string of the molecule is COCCNC(=O)C1COC2(CN(c3ncc(F)cn3)C2)CN1CC1CC1. The summed E-state index contributed by atoms with van der Waals surface area (Å²) >= 11 is 0. The van der Waals surface area contributed by atoms with E-state index in [1.165, 1.54) is 25.2 Å². The second-order valence-corrected chi connectivity index (χ2v) is 7.72. The molecule has 3 fully saturated rings. The van der Waals surface area contributed by atoms with Gasteiger partial charge >= 0.3 is 0 Å². The summed E-state index contributed by atoms with van der Waals surface area (Å²) < 4.78 is 24.2. The Labute approximate surface area is 158 Å². The molecule has 1 aromatic rings. The number of amides is 1. The molecule has 0 radical (unpaired) electrons. The third kappa shape index (κ3) is 4.20. The number of anilines is 1. The van der Waals surface area contributed by atoms with Crippen molar-refractivity contribution in [2.24, 2.45) is 5.92 Å². The van der Waals surface area contributed by atoms with Crippen LogP contribution in [-0.4, -0.2) is 85.5 Å². The van der Waals surface area contributed by atoms with Crippen molar-refractivity contribution in [3.05, 3.63) is 18.2 Å². The first-order valence-electron chi connectivity index (χ1n) is 9.46. The Hall–Kier alpha value is -1.84. The van der Waals surface area contributed by atoms with Crippen LogP contribution in [0.25, 0.3) is 0 Å². The Morgan fingerprint density at radius 1 is 1.37 bits per heavy atom. The molecule has 1 unspecified atom stereocenters. The number of methoxy groups -OCH3 is 1. The minimum Gasteiger partial charge on any atom is -0.383 e. The third-order valence-electron chi connectivity index (χ3n) is 5.42. The highest BCUT2D eigenvalue weighted by Crippen LogP contribution is 2.36. The minimum atomic E-state index is -0.444. The summed E-state index contributed by atoms with van der Waals surface area (Å²) in [5.74, 6) is 0.756. The van der Waals surface area contributed by atoms with Crippen molar-refractivity contribution in [1.82, 2.24) is 20.2 Å². The molecule has 148 valence electrons. The molecular weight excluding hydrogens is 353 g/mol. The van der Waals surface area contributed by atoms with Crippen LogP contribution in [0.5, 0.6) is 0 Å². The minimum absolute atomic E-state index is 0.000553. The van der Waals surface area contributed by atoms with Gasteiger partial charge in [-0.2, -0.15) is 0 Å². The molecule has 1 atom stereocenters. The van der Waals surface area contributed by atoms with Gasteiger partial charge in [0.15, 0.2) is 5.82 Å². The first-order valence-corrected chi connectivity index (χ1v) is 9.46. The maximum atomic E-state index is 13.0. The Morgan fingerprint density at radius 2 is 2.11 bits per heavy atom. The molecule has 1 saturated carbocycles. The predicted molar refractivity (Wildman–Crippen MR) is 95.9 cm³/mol. The highest BCUT2D eigenvalue weighted by Gasteiger charge is 2.51. The smallest absolute Gasteiger partial charge is 0.239 e. The predicted octanol–water partition coefficient (Wildman–Crippen LogP) is 0.0479. The highest BCUT2D eigenvalue weighted by molar-refractivity contribution is 5.82. The number of rotatable bonds is 7. The molecule has 2 saturated heterocycles. The molecule has 0 aromatic carbocycles. The van der Waals surface area contributed by atoms with Crippen LogP contribution in [0.3, 0.4) is 0 Å². The Balaban J connectivity index is 1.37. The maximum Gasteiger partial charge on any atom is 0.239 e. The molecule has 9 heteroatoms. The summed E-state index contributed by atoms with van der Waals surface area (Å²) in [5.41, 5.74) is -0.310. The Bertz CT molecular complexity index is 663. The van der Waals surface area contributed by atoms with E-state index in [9.17, 15) is 9.18 Å². The van der Waals surface area contributed by atoms with E-state index in [0.717, 1.165) is 6.54 Å². The van der Waals surface area contributed by atoms with Crippen LogP contribution in [0.15, 0.2) is 12.4 Å². The molecule has 3 heterocycles. The maximum absolute atomic E-state index is 13.0. The number of carbonyl (C=O) groups excluding carboxylic acids is 1. The standard InChI is InChI=1S/C18H26FN5O3/c1-26-5-4-20-16(25)15-9-27-18(10-23(15)8-13-2-3-13)11-24(12-18)17-21-6-14(19)7-22-17/h6-7,13,15H,2-5,8-12H2,1H3,(H,20,25). The summed E-state index contributed by atoms with van der Waals surface area (Å²) in [6.45, 7) is 4.33. The summed E-state index contributed by atoms with van der Waals surface area (Å²) in [5, 5.41) is 2.93. The van der Waals surface area contributed by atoms with Gasteiger partial charge in [0.05, 0.1) is 38.7 Å². The lowest BCUT2D eigenvalue weighted by Crippen LogP contribution is -2.73. The lowest BCUT2D eigenvalue weighted by molar-refractivity contribution is -0.162. The van der Waals surface area contributed by atoms with Gasteiger partial charge in [-0.1, -0.05) is 0 Å². The number of hydrogen-bond donors (Lipinski definition) is 1. The third-order valence-corrected chi connectivity index (χ3v) is 5.42. The molecule has 1 amide bonds. The van der Waals surface area contributed by atoms with Crippen LogP contribution in [0, 0.1) is 11.7 Å². The molecule has 8 nitrogen and oxygen atoms in total. The van der Waals surface area contributed by atoms with Crippen LogP contribution in [0.2, 0.25) is 0 Å². The van der Waals surface area contributed by atoms with Crippen LogP contribution in [0.1, 0.15) is 12.8 Å². The van der Waals surface area contributed by atoms with Crippen molar-refractivity contribution in [2.75, 3.05) is 57.9 Å². The number of morpholine rings is 1. The molecule has 27 heavy (non-hydrogen) atoms. The van der Waals surface area contributed by atoms with Crippen molar-refractivity contribution >= 4 is 11.9 Å². The molecular formula is C18H26FN5O3. The fraction of sp³-hybridized carbons (Fsp3) is 0.722. The number of aromatic nitrogens is 2. The second kappa shape index (κ2) is 7.65. The molecule has 0 bridgehead atoms. The quantitative estimate of drug-likeness (QED) is 0.671. The summed E-state index contributed by atoms with van der Waals surface area (Å²) in [4.78, 5) is 24.9. The number of nitrogens with zero attached hydrogens (tertiary/aromatic N) is 4. The van der Waals surface area contributed by atoms with Gasteiger partial charge < -0.3 is 19.7 Å². The van der Waals surface area contributed by atoms with Gasteiger partial charge in [-0.3, -0.25) is 9.69 Å². The van der Waals surface area contributed by atoms with Crippen molar-refractivity contribution in [1.29, 1.82) is 0 Å². The van der Waals surface area contributed by atoms with Gasteiger partial charge in [-0.25, -0.2) is 14.4 Å². The molecule has 1 aromatic heterocycles. The van der Waals surface area contributed by atoms with E-state index >= 15 is 0 Å². The molecule has 1 N–H and O–H groups in total. The van der Waals surface area contributed by atoms with E-state index < -0.39 is 5.82 Å². The number of ether oxygens (including phenoxy) is 2. The van der Waals surface area contributed by atoms with Crippen LogP contribution in [0.4, 0.5) is 10.3 Å². The number of halogens is 1. The van der Waals surface area contributed by atoms with Gasteiger partial charge in [0.2, 0.25) is 11.9 Å². The van der Waals surface area contributed by atoms with E-state index in [4.69, 9.17) is 9.47 Å². The fourth-order valence-electron chi connectivity index (χ4n) is 3.80. The van der Waals surface area contributed by atoms with Gasteiger partial charge in [-0.05, 0) is 18.8 Å². The van der Waals surface area contributed by atoms with Gasteiger partial charge in [0.25, 0.3) is 0 Å². The zero-order valence-electron chi connectivity index (χ0n) is 15.6. The normalized spacial score (nSPS) is 24.7. The Kier molecular flexibility index (Phi) is 5.25. The second-order valence-electron chi connectivity index (χ2n) is 7.72. The van der Waals surface area contributed by atoms with E-state index in [1.807, 2.05) is 4.90 Å². The largest absolute Gasteiger partial charge is 0.383 e. The number of hydrogen-bond acceptors (Lipinski definition) is 7. The fourth-order valence-corrected chi connectivity index (χ4v) is 3.80. The van der Waals surface area contributed by atoms with Crippen LogP contribution in [-0.2, 0) is 14.3 Å². The Morgan fingerprint density at radius 3 is 2.78 bits per heavy atom. The van der Waals surface area contributed by atoms with Crippen molar-refractivity contribution in [3.8, 4) is 0 Å². The summed E-state index contributed by atoms with van der Waals surface area (Å²) in [6, 6.07) is -0.260. The van der Waals surface area contributed by atoms with Gasteiger partial charge in [0, 0.05) is 26.7 Å². The molecule has 1 spiro atoms. The van der Waals surface area contributed by atoms with Gasteiger partial charge in [-0.15, -0.1) is 0 Å². The first-order chi connectivity index (χ1) is 13.1. The zero-order chi connectivity index (χ0) is 18.9. The van der Waals surface area contributed by atoms with E-state index in [-0.39, 0.29) is 17.6 Å². The summed E-state index contributed by atoms with van der Waals surface area (Å²) in [6.07, 6.45) is 4.82. The molecule has 4 rings (SSSR count). The van der Waals surface area contributed by atoms with Crippen molar-refractivity contribution in [2.45, 2.75) is 24.5 Å². The topological polar surface area (TPSA) is 79.8 Å². The highest BCUT2D eigenvalue weighted by atomic mass is 19.1. The van der Waals surface area contributed by atoms with E-state index in [1.54, 1.807) is 7.11 Å². The summed E-state index contributed by atoms with van der Waals surface area (Å²) in [7, 11) is 1.62. The molecule has 2 aliphatic heterocycles. The van der Waals surface area contributed by atoms with E-state index in [2.05, 4.69) is 20.2 Å². The first kappa shape index (κ1) is 18.5. The van der Waals surface area contributed by atoms with Crippen molar-refractivity contribution in [3.63, 3.8) is 0 Å². The van der Waals surface area contributed by atoms with Crippen molar-refractivity contribution < 1.29 is 18.7 Å². The monoisotopic (exact) mass is 379 g/mol. The van der Waals surface area contributed by atoms with E-state index in [0.29, 0.717) is 51.3 Å². The van der Waals surface area contributed by atoms with Gasteiger partial charge in [0.1, 0.15) is 11.6 Å². The van der Waals surface area contributed by atoms with Crippen LogP contribution < -0.4 is 10.2 Å². The number of carbonyl (C=O) groups is 1. The number of nitrogens with one attached hydrogen (secondary N) is 1. The molecule has 3 aliphatic rings. The average Bonchev–Trinajstić information content (AvgIpc) is 3.44.